The van der Waals surface area contributed by atoms with Gasteiger partial charge in [-0.3, -0.25) is 0 Å². The van der Waals surface area contributed by atoms with E-state index in [2.05, 4.69) is 26.6 Å². The maximum Gasteiger partial charge on any atom is 0.201 e. The van der Waals surface area contributed by atoms with Crippen LogP contribution in [0.1, 0.15) is 12.5 Å². The van der Waals surface area contributed by atoms with Gasteiger partial charge < -0.3 is 4.84 Å². The lowest BCUT2D eigenvalue weighted by Crippen LogP contribution is -1.92. The summed E-state index contributed by atoms with van der Waals surface area (Å²) in [5.41, 5.74) is 9.91. The average Bonchev–Trinajstić information content (AvgIpc) is 2.29. The number of hydrogen-bond acceptors (Lipinski definition) is 3. The Labute approximate surface area is 93.7 Å². The predicted octanol–water partition coefficient (Wildman–Crippen LogP) is 3.71. The van der Waals surface area contributed by atoms with Crippen LogP contribution in [-0.2, 0) is 11.3 Å². The standard InChI is InChI=1S/C11H12N4O/c1-3-6-10-7-4-5-8-11(10)13-9(2)16-15-14-12/h3-5,7-8H,1,6H2,2H3. The topological polar surface area (TPSA) is 70.4 Å². The van der Waals surface area contributed by atoms with Gasteiger partial charge in [-0.2, -0.15) is 0 Å². The molecule has 0 spiro atoms. The Balaban J connectivity index is 2.94. The van der Waals surface area contributed by atoms with Crippen molar-refractivity contribution in [3.05, 3.63) is 52.9 Å². The summed E-state index contributed by atoms with van der Waals surface area (Å²) in [6.45, 7) is 5.30. The van der Waals surface area contributed by atoms with Gasteiger partial charge in [0.2, 0.25) is 5.90 Å². The highest BCUT2D eigenvalue weighted by molar-refractivity contribution is 5.77. The molecule has 0 amide bonds. The van der Waals surface area contributed by atoms with Gasteiger partial charge in [0, 0.05) is 11.8 Å². The van der Waals surface area contributed by atoms with E-state index in [1.165, 1.54) is 0 Å². The van der Waals surface area contributed by atoms with Crippen molar-refractivity contribution < 1.29 is 4.84 Å². The first kappa shape index (κ1) is 11.8. The molecule has 0 radical (unpaired) electrons. The van der Waals surface area contributed by atoms with Crippen molar-refractivity contribution in [2.45, 2.75) is 13.3 Å². The molecule has 5 nitrogen and oxygen atoms in total. The smallest absolute Gasteiger partial charge is 0.201 e. The van der Waals surface area contributed by atoms with Gasteiger partial charge in [0.05, 0.1) is 5.69 Å². The van der Waals surface area contributed by atoms with Crippen LogP contribution in [-0.4, -0.2) is 5.90 Å². The van der Waals surface area contributed by atoms with Crippen LogP contribution in [0.5, 0.6) is 0 Å². The van der Waals surface area contributed by atoms with Crippen molar-refractivity contribution in [2.24, 2.45) is 10.3 Å². The van der Waals surface area contributed by atoms with E-state index in [1.807, 2.05) is 24.3 Å². The Morgan fingerprint density at radius 1 is 1.56 bits per heavy atom. The van der Waals surface area contributed by atoms with E-state index in [4.69, 9.17) is 5.53 Å². The molecule has 0 aliphatic carbocycles. The molecule has 0 heterocycles. The first-order chi connectivity index (χ1) is 7.77. The second-order valence-electron chi connectivity index (χ2n) is 3.01. The molecule has 0 aromatic heterocycles. The van der Waals surface area contributed by atoms with Gasteiger partial charge in [0.15, 0.2) is 0 Å². The minimum absolute atomic E-state index is 0.300. The maximum atomic E-state index is 8.09. The van der Waals surface area contributed by atoms with Gasteiger partial charge in [-0.15, -0.1) is 6.58 Å². The molecule has 0 fully saturated rings. The SMILES string of the molecule is C=CCc1ccccc1N=C(C)ON=[N+]=[N-]. The van der Waals surface area contributed by atoms with Gasteiger partial charge in [-0.05, 0) is 23.6 Å². The zero-order valence-electron chi connectivity index (χ0n) is 9.00. The second-order valence-corrected chi connectivity index (χ2v) is 3.01. The fourth-order valence-corrected chi connectivity index (χ4v) is 1.22. The summed E-state index contributed by atoms with van der Waals surface area (Å²) in [5.74, 6) is 0.300. The monoisotopic (exact) mass is 216 g/mol. The summed E-state index contributed by atoms with van der Waals surface area (Å²) in [7, 11) is 0. The molecule has 0 atom stereocenters. The van der Waals surface area contributed by atoms with Gasteiger partial charge in [0.25, 0.3) is 0 Å². The number of azide groups is 1. The fourth-order valence-electron chi connectivity index (χ4n) is 1.22. The normalized spacial score (nSPS) is 10.4. The van der Waals surface area contributed by atoms with Crippen LogP contribution in [0.2, 0.25) is 0 Å². The number of benzene rings is 1. The Bertz CT molecular complexity index is 447. The first-order valence-corrected chi connectivity index (χ1v) is 4.73. The molecular weight excluding hydrogens is 204 g/mol. The lowest BCUT2D eigenvalue weighted by atomic mass is 10.1. The molecule has 1 aromatic carbocycles. The van der Waals surface area contributed by atoms with Crippen LogP contribution >= 0.6 is 0 Å². The summed E-state index contributed by atoms with van der Waals surface area (Å²) in [6, 6.07) is 7.64. The van der Waals surface area contributed by atoms with Crippen molar-refractivity contribution >= 4 is 11.6 Å². The van der Waals surface area contributed by atoms with E-state index >= 15 is 0 Å². The van der Waals surface area contributed by atoms with Gasteiger partial charge >= 0.3 is 0 Å². The molecular formula is C11H12N4O. The molecule has 1 rings (SSSR count). The molecule has 5 heteroatoms. The highest BCUT2D eigenvalue weighted by Gasteiger charge is 1.99. The van der Waals surface area contributed by atoms with Crippen LogP contribution in [0, 0.1) is 0 Å². The van der Waals surface area contributed by atoms with E-state index in [9.17, 15) is 0 Å². The molecule has 0 aliphatic rings. The summed E-state index contributed by atoms with van der Waals surface area (Å²) in [4.78, 5) is 11.3. The van der Waals surface area contributed by atoms with Crippen molar-refractivity contribution in [1.29, 1.82) is 0 Å². The van der Waals surface area contributed by atoms with Crippen LogP contribution in [0.4, 0.5) is 5.69 Å². The summed E-state index contributed by atoms with van der Waals surface area (Å²) >= 11 is 0. The number of allylic oxidation sites excluding steroid dienone is 1. The Kier molecular flexibility index (Phi) is 4.63. The van der Waals surface area contributed by atoms with E-state index in [1.54, 1.807) is 13.0 Å². The van der Waals surface area contributed by atoms with Gasteiger partial charge in [-0.25, -0.2) is 4.99 Å². The molecule has 82 valence electrons. The maximum absolute atomic E-state index is 8.09. The van der Waals surface area contributed by atoms with E-state index in [0.717, 1.165) is 17.7 Å². The van der Waals surface area contributed by atoms with Gasteiger partial charge in [0.1, 0.15) is 5.28 Å². The lowest BCUT2D eigenvalue weighted by molar-refractivity contribution is 0.317. The zero-order chi connectivity index (χ0) is 11.8. The van der Waals surface area contributed by atoms with Crippen molar-refractivity contribution in [2.75, 3.05) is 0 Å². The Hall–Kier alpha value is -2.26. The molecule has 0 unspecified atom stereocenters. The first-order valence-electron chi connectivity index (χ1n) is 4.73. The number of para-hydroxylation sites is 1. The number of aliphatic imine (C=N–C) groups is 1. The highest BCUT2D eigenvalue weighted by Crippen LogP contribution is 2.19. The van der Waals surface area contributed by atoms with Crippen LogP contribution in [0.25, 0.3) is 10.4 Å². The largest absolute Gasteiger partial charge is 0.379 e. The third-order valence-corrected chi connectivity index (χ3v) is 1.84. The molecule has 0 saturated carbocycles. The van der Waals surface area contributed by atoms with E-state index < -0.39 is 0 Å². The number of hydrogen-bond donors (Lipinski definition) is 0. The van der Waals surface area contributed by atoms with E-state index in [0.29, 0.717) is 5.90 Å². The highest BCUT2D eigenvalue weighted by atomic mass is 16.6. The lowest BCUT2D eigenvalue weighted by Gasteiger charge is -2.03. The molecule has 0 aliphatic heterocycles. The van der Waals surface area contributed by atoms with Gasteiger partial charge in [-0.1, -0.05) is 24.3 Å². The van der Waals surface area contributed by atoms with Crippen molar-refractivity contribution in [3.63, 3.8) is 0 Å². The van der Waals surface area contributed by atoms with Crippen LogP contribution < -0.4 is 0 Å². The second kappa shape index (κ2) is 6.27. The summed E-state index contributed by atoms with van der Waals surface area (Å²) in [5, 5.41) is 2.97. The third-order valence-electron chi connectivity index (χ3n) is 1.84. The molecule has 16 heavy (non-hydrogen) atoms. The predicted molar refractivity (Wildman–Crippen MR) is 63.3 cm³/mol. The summed E-state index contributed by atoms with van der Waals surface area (Å²) < 4.78 is 0. The van der Waals surface area contributed by atoms with Crippen LogP contribution in [0.15, 0.2) is 47.2 Å². The molecule has 0 bridgehead atoms. The Morgan fingerprint density at radius 2 is 2.31 bits per heavy atom. The van der Waals surface area contributed by atoms with Crippen LogP contribution in [0.3, 0.4) is 0 Å². The molecule has 0 saturated heterocycles. The number of rotatable bonds is 4. The fraction of sp³-hybridized carbons (Fsp3) is 0.182. The van der Waals surface area contributed by atoms with Crippen molar-refractivity contribution in [1.82, 2.24) is 0 Å². The van der Waals surface area contributed by atoms with Crippen molar-refractivity contribution in [3.8, 4) is 0 Å². The quantitative estimate of drug-likeness (QED) is 0.144. The zero-order valence-corrected chi connectivity index (χ0v) is 9.00. The minimum Gasteiger partial charge on any atom is -0.379 e. The summed E-state index contributed by atoms with van der Waals surface area (Å²) in [6.07, 6.45) is 2.53. The Morgan fingerprint density at radius 3 is 3.00 bits per heavy atom. The number of nitrogens with zero attached hydrogens (tertiary/aromatic N) is 4. The minimum atomic E-state index is 0.300. The third kappa shape index (κ3) is 3.48. The molecule has 0 N–H and O–H groups in total. The van der Waals surface area contributed by atoms with E-state index in [-0.39, 0.29) is 0 Å². The molecule has 1 aromatic rings. The average molecular weight is 216 g/mol.